The van der Waals surface area contributed by atoms with Gasteiger partial charge in [0.15, 0.2) is 0 Å². The fourth-order valence-corrected chi connectivity index (χ4v) is 3.46. The lowest BCUT2D eigenvalue weighted by Gasteiger charge is -2.16. The molecule has 1 amide bonds. The van der Waals surface area contributed by atoms with Crippen LogP contribution in [0.4, 0.5) is 5.69 Å². The van der Waals surface area contributed by atoms with E-state index in [4.69, 9.17) is 34.8 Å². The Hall–Kier alpha value is -0.780. The number of halogens is 3. The van der Waals surface area contributed by atoms with Crippen molar-refractivity contribution in [2.75, 3.05) is 18.9 Å². The van der Waals surface area contributed by atoms with Gasteiger partial charge in [-0.25, -0.2) is 0 Å². The molecular weight excluding hydrogens is 351 g/mol. The number of hydrogen-bond donors (Lipinski definition) is 1. The molecule has 2 rings (SSSR count). The van der Waals surface area contributed by atoms with Gasteiger partial charge in [-0.3, -0.25) is 9.69 Å². The molecule has 2 aromatic rings. The number of rotatable bonds is 5. The molecule has 0 aliphatic rings. The predicted molar refractivity (Wildman–Crippen MR) is 90.8 cm³/mol. The summed E-state index contributed by atoms with van der Waals surface area (Å²) in [7, 11) is 1.86. The molecule has 0 fully saturated rings. The van der Waals surface area contributed by atoms with Crippen LogP contribution in [0, 0.1) is 0 Å². The Balaban J connectivity index is 1.92. The minimum Gasteiger partial charge on any atom is -0.322 e. The molecular formula is C14H13Cl3N2OS. The zero-order valence-corrected chi connectivity index (χ0v) is 14.3. The summed E-state index contributed by atoms with van der Waals surface area (Å²) in [4.78, 5) is 15.0. The molecule has 0 bridgehead atoms. The summed E-state index contributed by atoms with van der Waals surface area (Å²) in [5.41, 5.74) is 0.443. The highest BCUT2D eigenvalue weighted by molar-refractivity contribution is 7.16. The highest BCUT2D eigenvalue weighted by Gasteiger charge is 2.12. The van der Waals surface area contributed by atoms with Crippen molar-refractivity contribution in [3.8, 4) is 0 Å². The number of nitrogens with one attached hydrogen (secondary N) is 1. The van der Waals surface area contributed by atoms with E-state index in [9.17, 15) is 4.79 Å². The fraction of sp³-hybridized carbons (Fsp3) is 0.214. The van der Waals surface area contributed by atoms with Crippen molar-refractivity contribution in [1.29, 1.82) is 0 Å². The van der Waals surface area contributed by atoms with Gasteiger partial charge in [-0.15, -0.1) is 11.3 Å². The molecule has 1 aromatic heterocycles. The minimum atomic E-state index is -0.171. The first-order chi connectivity index (χ1) is 9.95. The lowest BCUT2D eigenvalue weighted by atomic mass is 10.3. The number of amides is 1. The van der Waals surface area contributed by atoms with Crippen molar-refractivity contribution in [1.82, 2.24) is 4.90 Å². The molecule has 21 heavy (non-hydrogen) atoms. The maximum atomic E-state index is 12.0. The van der Waals surface area contributed by atoms with Gasteiger partial charge in [0.2, 0.25) is 5.91 Å². The Bertz CT molecular complexity index is 625. The SMILES string of the molecule is CN(CC(=O)Nc1c(Cl)cccc1Cl)Cc1ccc(Cl)s1. The number of hydrogen-bond acceptors (Lipinski definition) is 3. The van der Waals surface area contributed by atoms with Crippen LogP contribution in [-0.4, -0.2) is 24.4 Å². The van der Waals surface area contributed by atoms with Crippen molar-refractivity contribution in [3.05, 3.63) is 49.6 Å². The van der Waals surface area contributed by atoms with E-state index < -0.39 is 0 Å². The van der Waals surface area contributed by atoms with Gasteiger partial charge in [0.05, 0.1) is 26.6 Å². The normalized spacial score (nSPS) is 10.9. The topological polar surface area (TPSA) is 32.3 Å². The van der Waals surface area contributed by atoms with Gasteiger partial charge in [0, 0.05) is 11.4 Å². The van der Waals surface area contributed by atoms with E-state index in [0.29, 0.717) is 22.3 Å². The average molecular weight is 364 g/mol. The number of thiophene rings is 1. The first-order valence-electron chi connectivity index (χ1n) is 6.12. The highest BCUT2D eigenvalue weighted by atomic mass is 35.5. The maximum Gasteiger partial charge on any atom is 0.238 e. The Morgan fingerprint density at radius 2 is 1.86 bits per heavy atom. The van der Waals surface area contributed by atoms with Gasteiger partial charge >= 0.3 is 0 Å². The molecule has 0 spiro atoms. The first-order valence-corrected chi connectivity index (χ1v) is 8.07. The van der Waals surface area contributed by atoms with Crippen molar-refractivity contribution in [2.45, 2.75) is 6.54 Å². The molecule has 0 aliphatic heterocycles. The van der Waals surface area contributed by atoms with Crippen LogP contribution in [0.25, 0.3) is 0 Å². The van der Waals surface area contributed by atoms with Crippen molar-refractivity contribution in [2.24, 2.45) is 0 Å². The lowest BCUT2D eigenvalue weighted by molar-refractivity contribution is -0.117. The number of nitrogens with zero attached hydrogens (tertiary/aromatic N) is 1. The van der Waals surface area contributed by atoms with E-state index in [-0.39, 0.29) is 12.5 Å². The quantitative estimate of drug-likeness (QED) is 0.829. The largest absolute Gasteiger partial charge is 0.322 e. The molecule has 0 saturated carbocycles. The zero-order valence-electron chi connectivity index (χ0n) is 11.2. The third kappa shape index (κ3) is 4.87. The summed E-state index contributed by atoms with van der Waals surface area (Å²) >= 11 is 19.4. The van der Waals surface area contributed by atoms with Crippen LogP contribution in [0.1, 0.15) is 4.88 Å². The third-order valence-corrected chi connectivity index (χ3v) is 4.54. The third-order valence-electron chi connectivity index (χ3n) is 2.70. The predicted octanol–water partition coefficient (Wildman–Crippen LogP) is 4.78. The van der Waals surface area contributed by atoms with Crippen LogP contribution in [0.3, 0.4) is 0 Å². The molecule has 1 N–H and O–H groups in total. The van der Waals surface area contributed by atoms with Gasteiger partial charge in [-0.2, -0.15) is 0 Å². The molecule has 112 valence electrons. The van der Waals surface area contributed by atoms with Gasteiger partial charge in [-0.05, 0) is 31.3 Å². The van der Waals surface area contributed by atoms with Crippen molar-refractivity contribution >= 4 is 57.7 Å². The molecule has 0 radical (unpaired) electrons. The van der Waals surface area contributed by atoms with Gasteiger partial charge in [0.25, 0.3) is 0 Å². The average Bonchev–Trinajstić information content (AvgIpc) is 2.79. The second-order valence-electron chi connectivity index (χ2n) is 4.52. The van der Waals surface area contributed by atoms with Gasteiger partial charge < -0.3 is 5.32 Å². The number of carbonyl (C=O) groups is 1. The standard InChI is InChI=1S/C14H13Cl3N2OS/c1-19(7-9-5-6-12(17)21-9)8-13(20)18-14-10(15)3-2-4-11(14)16/h2-6H,7-8H2,1H3,(H,18,20). The first kappa shape index (κ1) is 16.6. The molecule has 0 unspecified atom stereocenters. The summed E-state index contributed by atoms with van der Waals surface area (Å²) in [5.74, 6) is -0.171. The summed E-state index contributed by atoms with van der Waals surface area (Å²) in [5, 5.41) is 3.57. The second-order valence-corrected chi connectivity index (χ2v) is 7.14. The maximum absolute atomic E-state index is 12.0. The van der Waals surface area contributed by atoms with Crippen LogP contribution in [0.15, 0.2) is 30.3 Å². The van der Waals surface area contributed by atoms with E-state index in [0.717, 1.165) is 9.21 Å². The van der Waals surface area contributed by atoms with Crippen molar-refractivity contribution < 1.29 is 4.79 Å². The van der Waals surface area contributed by atoms with E-state index in [1.54, 1.807) is 18.2 Å². The molecule has 0 atom stereocenters. The van der Waals surface area contributed by atoms with Gasteiger partial charge in [-0.1, -0.05) is 40.9 Å². The fourth-order valence-electron chi connectivity index (χ4n) is 1.80. The van der Waals surface area contributed by atoms with Crippen LogP contribution in [0.2, 0.25) is 14.4 Å². The number of carbonyl (C=O) groups excluding carboxylic acids is 1. The number of anilines is 1. The Morgan fingerprint density at radius 3 is 2.43 bits per heavy atom. The summed E-state index contributed by atoms with van der Waals surface area (Å²) < 4.78 is 0.741. The van der Waals surface area contributed by atoms with E-state index in [1.165, 1.54) is 11.3 Å². The van der Waals surface area contributed by atoms with Crippen LogP contribution >= 0.6 is 46.1 Å². The minimum absolute atomic E-state index is 0.171. The molecule has 7 heteroatoms. The Kier molecular flexibility index (Phi) is 5.90. The number of likely N-dealkylation sites (N-methyl/N-ethyl adjacent to an activating group) is 1. The Morgan fingerprint density at radius 1 is 1.19 bits per heavy atom. The molecule has 1 aromatic carbocycles. The van der Waals surface area contributed by atoms with Crippen LogP contribution in [0.5, 0.6) is 0 Å². The number of benzene rings is 1. The Labute approximate surface area is 142 Å². The van der Waals surface area contributed by atoms with Crippen LogP contribution in [-0.2, 0) is 11.3 Å². The van der Waals surface area contributed by atoms with Crippen LogP contribution < -0.4 is 5.32 Å². The second kappa shape index (κ2) is 7.47. The summed E-state index contributed by atoms with van der Waals surface area (Å²) in [6.07, 6.45) is 0. The van der Waals surface area contributed by atoms with E-state index in [1.807, 2.05) is 24.1 Å². The smallest absolute Gasteiger partial charge is 0.238 e. The molecule has 0 aliphatic carbocycles. The summed E-state index contributed by atoms with van der Waals surface area (Å²) in [6, 6.07) is 8.89. The van der Waals surface area contributed by atoms with Gasteiger partial charge in [0.1, 0.15) is 0 Å². The molecule has 1 heterocycles. The molecule has 0 saturated heterocycles. The highest BCUT2D eigenvalue weighted by Crippen LogP contribution is 2.29. The van der Waals surface area contributed by atoms with Crippen molar-refractivity contribution in [3.63, 3.8) is 0 Å². The monoisotopic (exact) mass is 362 g/mol. The summed E-state index contributed by atoms with van der Waals surface area (Å²) in [6.45, 7) is 0.887. The van der Waals surface area contributed by atoms with E-state index in [2.05, 4.69) is 5.32 Å². The number of para-hydroxylation sites is 1. The van der Waals surface area contributed by atoms with E-state index >= 15 is 0 Å². The zero-order chi connectivity index (χ0) is 15.4. The molecule has 3 nitrogen and oxygen atoms in total. The lowest BCUT2D eigenvalue weighted by Crippen LogP contribution is -2.29.